The number of ether oxygens (including phenoxy) is 1. The Balaban J connectivity index is 1.97. The molecule has 2 rings (SSSR count). The molecule has 2 N–H and O–H groups in total. The van der Waals surface area contributed by atoms with Gasteiger partial charge in [0.05, 0.1) is 18.4 Å². The quantitative estimate of drug-likeness (QED) is 0.759. The van der Waals surface area contributed by atoms with Gasteiger partial charge in [0.25, 0.3) is 5.91 Å². The zero-order chi connectivity index (χ0) is 18.2. The molecule has 0 saturated carbocycles. The summed E-state index contributed by atoms with van der Waals surface area (Å²) >= 11 is 0. The van der Waals surface area contributed by atoms with E-state index in [9.17, 15) is 14.4 Å². The summed E-state index contributed by atoms with van der Waals surface area (Å²) in [5.74, 6) is -0.167. The van der Waals surface area contributed by atoms with Crippen LogP contribution in [0.15, 0.2) is 48.5 Å². The Bertz CT molecular complexity index is 786. The number of anilines is 1. The van der Waals surface area contributed by atoms with Gasteiger partial charge in [0.15, 0.2) is 5.78 Å². The summed E-state index contributed by atoms with van der Waals surface area (Å²) < 4.78 is 5.09. The van der Waals surface area contributed by atoms with Crippen LogP contribution in [0.2, 0.25) is 0 Å². The van der Waals surface area contributed by atoms with Crippen LogP contribution in [0.5, 0.6) is 5.75 Å². The van der Waals surface area contributed by atoms with Gasteiger partial charge in [-0.1, -0.05) is 24.3 Å². The van der Waals surface area contributed by atoms with E-state index >= 15 is 0 Å². The van der Waals surface area contributed by atoms with E-state index in [4.69, 9.17) is 4.74 Å². The van der Waals surface area contributed by atoms with Gasteiger partial charge in [-0.2, -0.15) is 0 Å². The predicted molar refractivity (Wildman–Crippen MR) is 95.0 cm³/mol. The number of para-hydroxylation sites is 1. The lowest BCUT2D eigenvalue weighted by molar-refractivity contribution is -0.116. The van der Waals surface area contributed by atoms with E-state index in [1.165, 1.54) is 14.2 Å². The Morgan fingerprint density at radius 2 is 1.76 bits per heavy atom. The molecule has 0 atom stereocenters. The molecule has 0 aromatic heterocycles. The fourth-order valence-electron chi connectivity index (χ4n) is 2.31. The van der Waals surface area contributed by atoms with Crippen molar-refractivity contribution in [2.24, 2.45) is 0 Å². The molecule has 0 aliphatic heterocycles. The summed E-state index contributed by atoms with van der Waals surface area (Å²) in [4.78, 5) is 36.1. The molecular formula is C19H20N2O4. The van der Waals surface area contributed by atoms with E-state index in [0.717, 1.165) is 0 Å². The van der Waals surface area contributed by atoms with Crippen LogP contribution in [-0.4, -0.2) is 31.8 Å². The van der Waals surface area contributed by atoms with Crippen molar-refractivity contribution < 1.29 is 19.1 Å². The molecule has 0 aliphatic carbocycles. The molecule has 2 amide bonds. The van der Waals surface area contributed by atoms with E-state index in [1.54, 1.807) is 48.5 Å². The molecule has 0 bridgehead atoms. The molecule has 130 valence electrons. The molecule has 0 saturated heterocycles. The van der Waals surface area contributed by atoms with Crippen molar-refractivity contribution in [1.82, 2.24) is 5.32 Å². The summed E-state index contributed by atoms with van der Waals surface area (Å²) in [7, 11) is 3.05. The Morgan fingerprint density at radius 3 is 2.48 bits per heavy atom. The largest absolute Gasteiger partial charge is 0.497 e. The first kappa shape index (κ1) is 18.2. The van der Waals surface area contributed by atoms with Crippen molar-refractivity contribution >= 4 is 23.3 Å². The van der Waals surface area contributed by atoms with Gasteiger partial charge in [-0.15, -0.1) is 0 Å². The average Bonchev–Trinajstić information content (AvgIpc) is 2.66. The normalized spacial score (nSPS) is 10.0. The Morgan fingerprint density at radius 1 is 1.00 bits per heavy atom. The highest BCUT2D eigenvalue weighted by molar-refractivity contribution is 6.05. The minimum Gasteiger partial charge on any atom is -0.497 e. The second kappa shape index (κ2) is 8.63. The summed E-state index contributed by atoms with van der Waals surface area (Å²) in [5, 5.41) is 5.20. The number of Topliss-reactive ketones (excluding diaryl/α,β-unsaturated/α-hetero) is 1. The fourth-order valence-corrected chi connectivity index (χ4v) is 2.31. The van der Waals surface area contributed by atoms with Crippen molar-refractivity contribution in [2.75, 3.05) is 19.5 Å². The lowest BCUT2D eigenvalue weighted by Crippen LogP contribution is -2.21. The number of rotatable bonds is 7. The molecule has 0 fully saturated rings. The van der Waals surface area contributed by atoms with Crippen LogP contribution in [0.4, 0.5) is 5.69 Å². The van der Waals surface area contributed by atoms with Crippen LogP contribution in [0.25, 0.3) is 0 Å². The van der Waals surface area contributed by atoms with E-state index < -0.39 is 0 Å². The Hall–Kier alpha value is -3.15. The molecule has 0 spiro atoms. The minimum atomic E-state index is -0.326. The van der Waals surface area contributed by atoms with Crippen LogP contribution in [0.3, 0.4) is 0 Å². The van der Waals surface area contributed by atoms with Crippen molar-refractivity contribution in [3.05, 3.63) is 59.7 Å². The molecular weight excluding hydrogens is 320 g/mol. The van der Waals surface area contributed by atoms with E-state index in [0.29, 0.717) is 22.6 Å². The molecule has 2 aromatic rings. The number of hydrogen-bond acceptors (Lipinski definition) is 4. The van der Waals surface area contributed by atoms with Gasteiger partial charge in [-0.05, 0) is 24.3 Å². The third-order valence-electron chi connectivity index (χ3n) is 3.64. The van der Waals surface area contributed by atoms with Crippen molar-refractivity contribution in [3.8, 4) is 5.75 Å². The number of benzene rings is 2. The van der Waals surface area contributed by atoms with E-state index in [2.05, 4.69) is 10.6 Å². The maximum absolute atomic E-state index is 12.2. The summed E-state index contributed by atoms with van der Waals surface area (Å²) in [6.45, 7) is 0. The van der Waals surface area contributed by atoms with E-state index in [1.807, 2.05) is 0 Å². The SMILES string of the molecule is CNC(=O)c1ccccc1NC(=O)CCC(=O)c1cccc(OC)c1. The lowest BCUT2D eigenvalue weighted by atomic mass is 10.1. The number of nitrogens with one attached hydrogen (secondary N) is 2. The van der Waals surface area contributed by atoms with Crippen LogP contribution >= 0.6 is 0 Å². The van der Waals surface area contributed by atoms with Gasteiger partial charge in [0, 0.05) is 25.5 Å². The number of carbonyl (C=O) groups excluding carboxylic acids is 3. The zero-order valence-electron chi connectivity index (χ0n) is 14.2. The molecule has 0 aliphatic rings. The smallest absolute Gasteiger partial charge is 0.253 e. The average molecular weight is 340 g/mol. The number of ketones is 1. The van der Waals surface area contributed by atoms with Gasteiger partial charge < -0.3 is 15.4 Å². The Labute approximate surface area is 146 Å². The number of hydrogen-bond donors (Lipinski definition) is 2. The fraction of sp³-hybridized carbons (Fsp3) is 0.211. The van der Waals surface area contributed by atoms with Crippen molar-refractivity contribution in [1.29, 1.82) is 0 Å². The Kier molecular flexibility index (Phi) is 6.28. The standard InChI is InChI=1S/C19H20N2O4/c1-20-19(24)15-8-3-4-9-16(15)21-18(23)11-10-17(22)13-6-5-7-14(12-13)25-2/h3-9,12H,10-11H2,1-2H3,(H,20,24)(H,21,23). The minimum absolute atomic E-state index is 0.0259. The van der Waals surface area contributed by atoms with Crippen molar-refractivity contribution in [3.63, 3.8) is 0 Å². The maximum atomic E-state index is 12.2. The number of carbonyl (C=O) groups is 3. The first-order valence-electron chi connectivity index (χ1n) is 7.83. The van der Waals surface area contributed by atoms with Crippen molar-refractivity contribution in [2.45, 2.75) is 12.8 Å². The number of methoxy groups -OCH3 is 1. The molecule has 6 heteroatoms. The maximum Gasteiger partial charge on any atom is 0.253 e. The summed E-state index contributed by atoms with van der Waals surface area (Å²) in [6.07, 6.45) is 0.0965. The molecule has 25 heavy (non-hydrogen) atoms. The zero-order valence-corrected chi connectivity index (χ0v) is 14.2. The van der Waals surface area contributed by atoms with Gasteiger partial charge in [0.2, 0.25) is 5.91 Å². The van der Waals surface area contributed by atoms with Crippen LogP contribution in [-0.2, 0) is 4.79 Å². The van der Waals surface area contributed by atoms with E-state index in [-0.39, 0.29) is 30.4 Å². The monoisotopic (exact) mass is 340 g/mol. The predicted octanol–water partition coefficient (Wildman–Crippen LogP) is 2.66. The number of amides is 2. The van der Waals surface area contributed by atoms with Gasteiger partial charge in [-0.3, -0.25) is 14.4 Å². The first-order valence-corrected chi connectivity index (χ1v) is 7.83. The van der Waals surface area contributed by atoms with Crippen LogP contribution in [0.1, 0.15) is 33.6 Å². The first-order chi connectivity index (χ1) is 12.0. The lowest BCUT2D eigenvalue weighted by Gasteiger charge is -2.10. The third kappa shape index (κ3) is 4.91. The summed E-state index contributed by atoms with van der Waals surface area (Å²) in [6, 6.07) is 13.5. The third-order valence-corrected chi connectivity index (χ3v) is 3.64. The second-order valence-corrected chi connectivity index (χ2v) is 5.33. The van der Waals surface area contributed by atoms with Crippen LogP contribution in [0, 0.1) is 0 Å². The topological polar surface area (TPSA) is 84.5 Å². The van der Waals surface area contributed by atoms with Gasteiger partial charge >= 0.3 is 0 Å². The highest BCUT2D eigenvalue weighted by Gasteiger charge is 2.14. The highest BCUT2D eigenvalue weighted by atomic mass is 16.5. The molecule has 6 nitrogen and oxygen atoms in total. The second-order valence-electron chi connectivity index (χ2n) is 5.33. The van der Waals surface area contributed by atoms with Gasteiger partial charge in [0.1, 0.15) is 5.75 Å². The van der Waals surface area contributed by atoms with Gasteiger partial charge in [-0.25, -0.2) is 0 Å². The molecule has 0 radical (unpaired) electrons. The van der Waals surface area contributed by atoms with Crippen LogP contribution < -0.4 is 15.4 Å². The summed E-state index contributed by atoms with van der Waals surface area (Å²) in [5.41, 5.74) is 1.29. The highest BCUT2D eigenvalue weighted by Crippen LogP contribution is 2.17. The molecule has 0 heterocycles. The molecule has 2 aromatic carbocycles. The molecule has 0 unspecified atom stereocenters.